The molecule has 33 heavy (non-hydrogen) atoms. The van der Waals surface area contributed by atoms with Crippen molar-refractivity contribution in [1.29, 1.82) is 0 Å². The highest BCUT2D eigenvalue weighted by atomic mass is 35.5. The van der Waals surface area contributed by atoms with E-state index < -0.39 is 0 Å². The molecule has 0 atom stereocenters. The zero-order valence-electron chi connectivity index (χ0n) is 18.4. The van der Waals surface area contributed by atoms with Gasteiger partial charge in [0, 0.05) is 28.2 Å². The molecule has 3 aromatic heterocycles. The number of pyridine rings is 2. The van der Waals surface area contributed by atoms with Crippen LogP contribution in [0.1, 0.15) is 30.7 Å². The summed E-state index contributed by atoms with van der Waals surface area (Å²) in [6.45, 7) is 1.96. The van der Waals surface area contributed by atoms with Crippen LogP contribution in [0.25, 0.3) is 38.9 Å². The second-order valence-corrected chi connectivity index (χ2v) is 8.53. The molecular weight excluding hydrogens is 432 g/mol. The molecule has 0 amide bonds. The first-order chi connectivity index (χ1) is 16.1. The van der Waals surface area contributed by atoms with E-state index in [1.165, 1.54) is 12.0 Å². The van der Waals surface area contributed by atoms with Crippen molar-refractivity contribution in [2.45, 2.75) is 31.7 Å². The number of aromatic nitrogens is 4. The summed E-state index contributed by atoms with van der Waals surface area (Å²) in [5.74, 6) is 0.865. The van der Waals surface area contributed by atoms with Gasteiger partial charge in [-0.25, -0.2) is 10.2 Å². The average molecular weight is 457 g/mol. The summed E-state index contributed by atoms with van der Waals surface area (Å²) >= 11 is 4.14. The van der Waals surface area contributed by atoms with Gasteiger partial charge in [0.2, 0.25) is 0 Å². The number of benzene rings is 2. The number of aryl methyl sites for hydroxylation is 1. The van der Waals surface area contributed by atoms with Crippen LogP contribution >= 0.6 is 11.8 Å². The van der Waals surface area contributed by atoms with Gasteiger partial charge in [-0.15, -0.1) is 10.2 Å². The SMILES string of the molecule is Cc1nnc2c3cc(-c4ccccc4)c(-c4ccc(C5(N)CCC5)cc4)nc3ccn12.NCl. The van der Waals surface area contributed by atoms with Gasteiger partial charge in [-0.1, -0.05) is 54.6 Å². The predicted molar refractivity (Wildman–Crippen MR) is 134 cm³/mol. The van der Waals surface area contributed by atoms with E-state index in [4.69, 9.17) is 10.7 Å². The molecule has 1 aliphatic carbocycles. The van der Waals surface area contributed by atoms with Crippen molar-refractivity contribution in [3.63, 3.8) is 0 Å². The Labute approximate surface area is 197 Å². The summed E-state index contributed by atoms with van der Waals surface area (Å²) in [7, 11) is 0. The molecule has 0 aliphatic heterocycles. The molecule has 5 aromatic rings. The van der Waals surface area contributed by atoms with Gasteiger partial charge in [0.1, 0.15) is 5.82 Å². The van der Waals surface area contributed by atoms with Crippen LogP contribution in [0.15, 0.2) is 72.9 Å². The standard InChI is InChI=1S/C26H23N5.ClH2N/c1-17-29-30-25-22-16-21(18-6-3-2-4-7-18)24(28-23(22)12-15-31(17)25)19-8-10-20(11-9-19)26(27)13-5-14-26;1-2/h2-4,6-12,15-16H,5,13-14,27H2,1H3;2H2. The summed E-state index contributed by atoms with van der Waals surface area (Å²) in [6.07, 6.45) is 5.32. The molecule has 6 rings (SSSR count). The maximum absolute atomic E-state index is 6.53. The summed E-state index contributed by atoms with van der Waals surface area (Å²) in [5.41, 5.74) is 13.6. The van der Waals surface area contributed by atoms with Gasteiger partial charge in [-0.05, 0) is 61.2 Å². The third-order valence-corrected chi connectivity index (χ3v) is 6.60. The Kier molecular flexibility index (Phi) is 5.58. The Balaban J connectivity index is 0.00000111. The zero-order chi connectivity index (χ0) is 23.0. The lowest BCUT2D eigenvalue weighted by molar-refractivity contribution is 0.253. The second-order valence-electron chi connectivity index (χ2n) is 8.53. The van der Waals surface area contributed by atoms with E-state index in [0.717, 1.165) is 57.6 Å². The van der Waals surface area contributed by atoms with Gasteiger partial charge in [0.25, 0.3) is 0 Å². The number of nitrogens with two attached hydrogens (primary N) is 2. The summed E-state index contributed by atoms with van der Waals surface area (Å²) < 4.78 is 2.01. The largest absolute Gasteiger partial charge is 0.321 e. The summed E-state index contributed by atoms with van der Waals surface area (Å²) in [4.78, 5) is 5.09. The number of fused-ring (bicyclic) bond motifs is 3. The third-order valence-electron chi connectivity index (χ3n) is 6.60. The number of hydrogen-bond acceptors (Lipinski definition) is 5. The molecule has 0 saturated heterocycles. The van der Waals surface area contributed by atoms with Gasteiger partial charge in [-0.2, -0.15) is 0 Å². The third kappa shape index (κ3) is 3.66. The normalized spacial score (nSPS) is 14.5. The highest BCUT2D eigenvalue weighted by Gasteiger charge is 2.34. The maximum Gasteiger partial charge on any atom is 0.170 e. The predicted octanol–water partition coefficient (Wildman–Crippen LogP) is 5.36. The van der Waals surface area contributed by atoms with Gasteiger partial charge >= 0.3 is 0 Å². The molecule has 1 fully saturated rings. The van der Waals surface area contributed by atoms with E-state index in [-0.39, 0.29) is 5.54 Å². The first kappa shape index (κ1) is 21.5. The molecule has 1 saturated carbocycles. The summed E-state index contributed by atoms with van der Waals surface area (Å²) in [6, 6.07) is 23.3. The van der Waals surface area contributed by atoms with E-state index >= 15 is 0 Å². The number of nitrogens with zero attached hydrogens (tertiary/aromatic N) is 4. The maximum atomic E-state index is 6.53. The van der Waals surface area contributed by atoms with E-state index in [2.05, 4.69) is 81.8 Å². The minimum absolute atomic E-state index is 0.158. The Morgan fingerprint density at radius 2 is 1.64 bits per heavy atom. The zero-order valence-corrected chi connectivity index (χ0v) is 19.1. The Morgan fingerprint density at radius 1 is 0.909 bits per heavy atom. The average Bonchev–Trinajstić information content (AvgIpc) is 3.24. The quantitative estimate of drug-likeness (QED) is 0.356. The van der Waals surface area contributed by atoms with Crippen molar-refractivity contribution in [3.05, 3.63) is 84.3 Å². The Morgan fingerprint density at radius 3 is 2.30 bits per heavy atom. The van der Waals surface area contributed by atoms with Crippen LogP contribution in [0.4, 0.5) is 0 Å². The lowest BCUT2D eigenvalue weighted by atomic mass is 9.72. The van der Waals surface area contributed by atoms with E-state index in [0.29, 0.717) is 0 Å². The van der Waals surface area contributed by atoms with Crippen molar-refractivity contribution in [1.82, 2.24) is 19.6 Å². The number of rotatable bonds is 3. The lowest BCUT2D eigenvalue weighted by Gasteiger charge is -2.38. The molecule has 0 bridgehead atoms. The molecule has 0 unspecified atom stereocenters. The first-order valence-corrected chi connectivity index (χ1v) is 11.4. The van der Waals surface area contributed by atoms with Gasteiger partial charge < -0.3 is 5.73 Å². The minimum atomic E-state index is -0.158. The van der Waals surface area contributed by atoms with Crippen molar-refractivity contribution < 1.29 is 0 Å². The molecule has 0 spiro atoms. The Hall–Kier alpha value is -3.32. The fourth-order valence-corrected chi connectivity index (χ4v) is 4.57. The Bertz CT molecular complexity index is 1420. The van der Waals surface area contributed by atoms with E-state index in [1.54, 1.807) is 0 Å². The van der Waals surface area contributed by atoms with Crippen LogP contribution in [0, 0.1) is 6.92 Å². The molecule has 166 valence electrons. The van der Waals surface area contributed by atoms with Crippen molar-refractivity contribution in [2.75, 3.05) is 0 Å². The van der Waals surface area contributed by atoms with E-state index in [1.807, 2.05) is 29.7 Å². The van der Waals surface area contributed by atoms with E-state index in [9.17, 15) is 0 Å². The molecule has 4 N–H and O–H groups in total. The van der Waals surface area contributed by atoms with Gasteiger partial charge in [0.05, 0.1) is 11.2 Å². The molecule has 2 aromatic carbocycles. The monoisotopic (exact) mass is 456 g/mol. The van der Waals surface area contributed by atoms with Crippen LogP contribution in [-0.4, -0.2) is 19.6 Å². The molecule has 0 radical (unpaired) electrons. The highest BCUT2D eigenvalue weighted by molar-refractivity contribution is 6.11. The fourth-order valence-electron chi connectivity index (χ4n) is 4.57. The minimum Gasteiger partial charge on any atom is -0.321 e. The van der Waals surface area contributed by atoms with Crippen molar-refractivity contribution in [2.24, 2.45) is 11.0 Å². The highest BCUT2D eigenvalue weighted by Crippen LogP contribution is 2.40. The number of halogens is 1. The van der Waals surface area contributed by atoms with Crippen molar-refractivity contribution in [3.8, 4) is 22.4 Å². The van der Waals surface area contributed by atoms with Crippen LogP contribution in [-0.2, 0) is 5.54 Å². The summed E-state index contributed by atoms with van der Waals surface area (Å²) in [5, 5.41) is 13.6. The molecular formula is C26H25ClN6. The topological polar surface area (TPSA) is 95.1 Å². The molecule has 1 aliphatic rings. The van der Waals surface area contributed by atoms with Gasteiger partial charge in [-0.3, -0.25) is 4.40 Å². The molecule has 3 heterocycles. The van der Waals surface area contributed by atoms with Crippen LogP contribution in [0.2, 0.25) is 0 Å². The second kappa shape index (κ2) is 8.56. The first-order valence-electron chi connectivity index (χ1n) is 10.9. The van der Waals surface area contributed by atoms with Crippen LogP contribution in [0.5, 0.6) is 0 Å². The molecule has 7 heteroatoms. The lowest BCUT2D eigenvalue weighted by Crippen LogP contribution is -2.43. The van der Waals surface area contributed by atoms with Crippen molar-refractivity contribution >= 4 is 28.3 Å². The smallest absolute Gasteiger partial charge is 0.170 e. The van der Waals surface area contributed by atoms with Crippen LogP contribution in [0.3, 0.4) is 0 Å². The van der Waals surface area contributed by atoms with Crippen LogP contribution < -0.4 is 11.0 Å². The van der Waals surface area contributed by atoms with Gasteiger partial charge in [0.15, 0.2) is 5.65 Å². The number of hydrogen-bond donors (Lipinski definition) is 2. The molecule has 6 nitrogen and oxygen atoms in total. The fraction of sp³-hybridized carbons (Fsp3) is 0.192.